The van der Waals surface area contributed by atoms with Crippen LogP contribution in [0.4, 0.5) is 0 Å². The summed E-state index contributed by atoms with van der Waals surface area (Å²) >= 11 is 1.61. The van der Waals surface area contributed by atoms with E-state index >= 15 is 0 Å². The van der Waals surface area contributed by atoms with Crippen LogP contribution >= 0.6 is 11.8 Å². The van der Waals surface area contributed by atoms with Crippen molar-refractivity contribution in [2.75, 3.05) is 0 Å². The van der Waals surface area contributed by atoms with Crippen LogP contribution in [0.1, 0.15) is 27.8 Å². The Morgan fingerprint density at radius 2 is 1.58 bits per heavy atom. The number of benzene rings is 3. The number of ether oxygens (including phenoxy) is 1. The van der Waals surface area contributed by atoms with Crippen LogP contribution < -0.4 is 4.74 Å². The third kappa shape index (κ3) is 5.83. The van der Waals surface area contributed by atoms with Crippen LogP contribution in [0.15, 0.2) is 89.4 Å². The molecule has 4 aromatic rings. The highest BCUT2D eigenvalue weighted by Crippen LogP contribution is 2.22. The van der Waals surface area contributed by atoms with E-state index in [0.717, 1.165) is 27.8 Å². The average Bonchev–Trinajstić information content (AvgIpc) is 3.25. The van der Waals surface area contributed by atoms with Gasteiger partial charge in [-0.05, 0) is 37.1 Å². The van der Waals surface area contributed by atoms with Gasteiger partial charge in [0.1, 0.15) is 18.7 Å². The van der Waals surface area contributed by atoms with Gasteiger partial charge in [0.25, 0.3) is 0 Å². The molecule has 0 saturated carbocycles. The molecule has 0 aliphatic heterocycles. The number of rotatable bonds is 8. The average molecular weight is 429 g/mol. The molecule has 0 aliphatic carbocycles. The number of hydrogen-bond donors (Lipinski definition) is 0. The molecule has 3 aromatic carbocycles. The Morgan fingerprint density at radius 1 is 0.903 bits per heavy atom. The fraction of sp³-hybridized carbons (Fsp3) is 0.160. The Hall–Kier alpha value is -3.38. The van der Waals surface area contributed by atoms with Gasteiger partial charge in [-0.1, -0.05) is 83.6 Å². The van der Waals surface area contributed by atoms with E-state index in [0.29, 0.717) is 6.61 Å². The van der Waals surface area contributed by atoms with Crippen LogP contribution in [0.5, 0.6) is 5.75 Å². The zero-order chi connectivity index (χ0) is 21.5. The fourth-order valence-electron chi connectivity index (χ4n) is 2.91. The predicted molar refractivity (Wildman–Crippen MR) is 126 cm³/mol. The van der Waals surface area contributed by atoms with Crippen molar-refractivity contribution < 1.29 is 4.74 Å². The number of aryl methyl sites for hydroxylation is 2. The van der Waals surface area contributed by atoms with Crippen LogP contribution in [-0.4, -0.2) is 21.1 Å². The Kier molecular flexibility index (Phi) is 6.79. The highest BCUT2D eigenvalue weighted by molar-refractivity contribution is 7.98. The second kappa shape index (κ2) is 10.1. The molecule has 0 amide bonds. The van der Waals surface area contributed by atoms with Crippen LogP contribution in [0.2, 0.25) is 0 Å². The van der Waals surface area contributed by atoms with Gasteiger partial charge >= 0.3 is 0 Å². The lowest BCUT2D eigenvalue weighted by atomic mass is 10.1. The van der Waals surface area contributed by atoms with E-state index in [1.54, 1.807) is 29.0 Å². The zero-order valence-electron chi connectivity index (χ0n) is 17.6. The minimum absolute atomic E-state index is 0.509. The molecule has 0 bridgehead atoms. The van der Waals surface area contributed by atoms with Gasteiger partial charge in [0, 0.05) is 11.3 Å². The van der Waals surface area contributed by atoms with Crippen LogP contribution in [0.3, 0.4) is 0 Å². The van der Waals surface area contributed by atoms with Crippen molar-refractivity contribution >= 4 is 18.0 Å². The van der Waals surface area contributed by atoms with Crippen molar-refractivity contribution in [3.63, 3.8) is 0 Å². The lowest BCUT2D eigenvalue weighted by molar-refractivity contribution is 0.306. The monoisotopic (exact) mass is 428 g/mol. The first-order chi connectivity index (χ1) is 15.2. The summed E-state index contributed by atoms with van der Waals surface area (Å²) < 4.78 is 7.73. The highest BCUT2D eigenvalue weighted by atomic mass is 32.2. The first-order valence-corrected chi connectivity index (χ1v) is 11.1. The first kappa shape index (κ1) is 20.9. The summed E-state index contributed by atoms with van der Waals surface area (Å²) in [5.41, 5.74) is 5.76. The molecule has 0 radical (unpaired) electrons. The quantitative estimate of drug-likeness (QED) is 0.269. The maximum atomic E-state index is 6.04. The van der Waals surface area contributed by atoms with E-state index in [4.69, 9.17) is 4.74 Å². The highest BCUT2D eigenvalue weighted by Gasteiger charge is 2.06. The summed E-state index contributed by atoms with van der Waals surface area (Å²) in [7, 11) is 0. The van der Waals surface area contributed by atoms with Gasteiger partial charge in [0.05, 0.1) is 6.21 Å². The van der Waals surface area contributed by atoms with Crippen molar-refractivity contribution in [2.24, 2.45) is 5.10 Å². The molecule has 4 rings (SSSR count). The number of para-hydroxylation sites is 1. The summed E-state index contributed by atoms with van der Waals surface area (Å²) in [6, 6.07) is 24.7. The van der Waals surface area contributed by atoms with E-state index in [1.165, 1.54) is 16.7 Å². The Bertz CT molecular complexity index is 1150. The fourth-order valence-corrected chi connectivity index (χ4v) is 3.73. The summed E-state index contributed by atoms with van der Waals surface area (Å²) in [6.45, 7) is 4.68. The molecule has 0 fully saturated rings. The summed E-state index contributed by atoms with van der Waals surface area (Å²) in [4.78, 5) is 0. The minimum atomic E-state index is 0.509. The third-order valence-electron chi connectivity index (χ3n) is 4.74. The van der Waals surface area contributed by atoms with Gasteiger partial charge in [-0.2, -0.15) is 9.78 Å². The van der Waals surface area contributed by atoms with Crippen molar-refractivity contribution in [3.05, 3.63) is 107 Å². The normalized spacial score (nSPS) is 11.2. The standard InChI is InChI=1S/C25H24N4OS/c1-19-7-11-21(12-8-19)16-30-24-6-4-3-5-23(24)15-27-29-18-26-28-25(29)31-17-22-13-9-20(2)10-14-22/h3-15,18H,16-17H2,1-2H3/b27-15+. The molecule has 156 valence electrons. The van der Waals surface area contributed by atoms with E-state index in [2.05, 4.69) is 77.7 Å². The Balaban J connectivity index is 1.42. The van der Waals surface area contributed by atoms with E-state index in [9.17, 15) is 0 Å². The van der Waals surface area contributed by atoms with Gasteiger partial charge in [0.2, 0.25) is 5.16 Å². The van der Waals surface area contributed by atoms with Crippen LogP contribution in [0, 0.1) is 13.8 Å². The maximum Gasteiger partial charge on any atom is 0.212 e. The lowest BCUT2D eigenvalue weighted by Gasteiger charge is -2.09. The van der Waals surface area contributed by atoms with Gasteiger partial charge < -0.3 is 4.74 Å². The first-order valence-electron chi connectivity index (χ1n) is 10.1. The molecular weight excluding hydrogens is 404 g/mol. The number of hydrogen-bond acceptors (Lipinski definition) is 5. The third-order valence-corrected chi connectivity index (χ3v) is 5.75. The van der Waals surface area contributed by atoms with Gasteiger partial charge in [-0.25, -0.2) is 0 Å². The second-order valence-corrected chi connectivity index (χ2v) is 8.23. The van der Waals surface area contributed by atoms with Gasteiger partial charge in [-0.3, -0.25) is 0 Å². The number of thioether (sulfide) groups is 1. The Morgan fingerprint density at radius 3 is 2.32 bits per heavy atom. The lowest BCUT2D eigenvalue weighted by Crippen LogP contribution is -1.99. The molecule has 6 heteroatoms. The largest absolute Gasteiger partial charge is 0.488 e. The zero-order valence-corrected chi connectivity index (χ0v) is 18.4. The summed E-state index contributed by atoms with van der Waals surface area (Å²) in [6.07, 6.45) is 3.40. The number of aromatic nitrogens is 3. The van der Waals surface area contributed by atoms with Crippen molar-refractivity contribution in [1.82, 2.24) is 14.9 Å². The van der Waals surface area contributed by atoms with Crippen molar-refractivity contribution in [2.45, 2.75) is 31.4 Å². The maximum absolute atomic E-state index is 6.04. The molecule has 0 unspecified atom stereocenters. The van der Waals surface area contributed by atoms with Crippen molar-refractivity contribution in [1.29, 1.82) is 0 Å². The molecule has 0 atom stereocenters. The molecule has 0 aliphatic rings. The van der Waals surface area contributed by atoms with Gasteiger partial charge in [-0.15, -0.1) is 10.2 Å². The molecule has 1 aromatic heterocycles. The van der Waals surface area contributed by atoms with Crippen molar-refractivity contribution in [3.8, 4) is 5.75 Å². The van der Waals surface area contributed by atoms with E-state index < -0.39 is 0 Å². The summed E-state index contributed by atoms with van der Waals surface area (Å²) in [5.74, 6) is 1.60. The predicted octanol–water partition coefficient (Wildman–Crippen LogP) is 5.65. The molecule has 5 nitrogen and oxygen atoms in total. The van der Waals surface area contributed by atoms with Crippen LogP contribution in [-0.2, 0) is 12.4 Å². The molecule has 0 spiro atoms. The second-order valence-electron chi connectivity index (χ2n) is 7.29. The van der Waals surface area contributed by atoms with E-state index in [-0.39, 0.29) is 0 Å². The smallest absolute Gasteiger partial charge is 0.212 e. The van der Waals surface area contributed by atoms with Gasteiger partial charge in [0.15, 0.2) is 0 Å². The summed E-state index contributed by atoms with van der Waals surface area (Å²) in [5, 5.41) is 13.5. The molecule has 1 heterocycles. The SMILES string of the molecule is Cc1ccc(COc2ccccc2/C=N/n2cnnc2SCc2ccc(C)cc2)cc1. The molecule has 0 saturated heterocycles. The van der Waals surface area contributed by atoms with Crippen LogP contribution in [0.25, 0.3) is 0 Å². The Labute approximate surface area is 186 Å². The number of nitrogens with zero attached hydrogens (tertiary/aromatic N) is 4. The van der Waals surface area contributed by atoms with E-state index in [1.807, 2.05) is 24.3 Å². The minimum Gasteiger partial charge on any atom is -0.488 e. The molecule has 0 N–H and O–H groups in total. The topological polar surface area (TPSA) is 52.3 Å². The molecule has 31 heavy (non-hydrogen) atoms. The molecular formula is C25H24N4OS.